The smallest absolute Gasteiger partial charge is 0.272 e. The van der Waals surface area contributed by atoms with E-state index in [4.69, 9.17) is 19.6 Å². The van der Waals surface area contributed by atoms with Crippen LogP contribution in [0.4, 0.5) is 0 Å². The molecule has 4 aromatic rings. The van der Waals surface area contributed by atoms with Gasteiger partial charge in [0.2, 0.25) is 0 Å². The number of methoxy groups -OCH3 is 1. The molecule has 0 saturated carbocycles. The zero-order valence-corrected chi connectivity index (χ0v) is 25.9. The summed E-state index contributed by atoms with van der Waals surface area (Å²) in [6.07, 6.45) is 1.33. The van der Waals surface area contributed by atoms with Crippen LogP contribution in [-0.4, -0.2) is 51.4 Å². The summed E-state index contributed by atoms with van der Waals surface area (Å²) in [5, 5.41) is 6.92. The van der Waals surface area contributed by atoms with Crippen LogP contribution in [0.3, 0.4) is 0 Å². The highest BCUT2D eigenvalue weighted by Gasteiger charge is 2.33. The summed E-state index contributed by atoms with van der Waals surface area (Å²) >= 11 is 2.80. The average Bonchev–Trinajstić information content (AvgIpc) is 3.69. The Morgan fingerprint density at radius 3 is 2.44 bits per heavy atom. The van der Waals surface area contributed by atoms with Crippen LogP contribution < -0.4 is 15.0 Å². The summed E-state index contributed by atoms with van der Waals surface area (Å²) in [6.45, 7) is 4.53. The van der Waals surface area contributed by atoms with Gasteiger partial charge in [0.1, 0.15) is 11.5 Å². The zero-order chi connectivity index (χ0) is 29.9. The van der Waals surface area contributed by atoms with Gasteiger partial charge in [0.25, 0.3) is 11.5 Å². The molecule has 3 heterocycles. The molecule has 8 nitrogen and oxygen atoms in total. The molecule has 0 aliphatic carbocycles. The third kappa shape index (κ3) is 6.07. The summed E-state index contributed by atoms with van der Waals surface area (Å²) in [4.78, 5) is 33.1. The number of hydrogen-bond acceptors (Lipinski definition) is 8. The molecule has 0 saturated heterocycles. The van der Waals surface area contributed by atoms with Crippen molar-refractivity contribution in [2.24, 2.45) is 5.10 Å². The van der Waals surface area contributed by atoms with Gasteiger partial charge in [-0.3, -0.25) is 14.2 Å². The van der Waals surface area contributed by atoms with Crippen molar-refractivity contribution in [3.8, 4) is 17.2 Å². The molecule has 0 bridgehead atoms. The van der Waals surface area contributed by atoms with Crippen LogP contribution in [0.5, 0.6) is 11.5 Å². The third-order valence-corrected chi connectivity index (χ3v) is 9.48. The average molecular weight is 613 g/mol. The van der Waals surface area contributed by atoms with Crippen LogP contribution in [0.15, 0.2) is 92.7 Å². The molecular formula is C33H32N4O4S2. The highest BCUT2D eigenvalue weighted by Crippen LogP contribution is 2.35. The van der Waals surface area contributed by atoms with Crippen LogP contribution in [-0.2, 0) is 11.2 Å². The molecule has 6 rings (SSSR count). The standard InChI is InChI=1S/C33H32N4O4S2/c1-4-41-26-15-11-24(12-16-26)36-32(39)31-27(17-18-42-31)34-33(36)43-20-30(38)37-29(23-7-5-21(2)6-8-23)19-28(35-37)22-9-13-25(40-3)14-10-22/h5-16,29H,4,17-20H2,1-3H3. The van der Waals surface area contributed by atoms with Crippen molar-refractivity contribution in [3.05, 3.63) is 106 Å². The Kier molecular flexibility index (Phi) is 8.58. The minimum atomic E-state index is -0.233. The van der Waals surface area contributed by atoms with E-state index in [1.54, 1.807) is 16.7 Å². The number of thioether (sulfide) groups is 2. The first kappa shape index (κ1) is 29.1. The summed E-state index contributed by atoms with van der Waals surface area (Å²) in [6, 6.07) is 23.1. The van der Waals surface area contributed by atoms with Crippen molar-refractivity contribution >= 4 is 35.1 Å². The van der Waals surface area contributed by atoms with Gasteiger partial charge in [0.15, 0.2) is 5.16 Å². The van der Waals surface area contributed by atoms with Crippen LogP contribution >= 0.6 is 23.5 Å². The summed E-state index contributed by atoms with van der Waals surface area (Å²) in [7, 11) is 1.64. The fourth-order valence-corrected chi connectivity index (χ4v) is 7.12. The van der Waals surface area contributed by atoms with Gasteiger partial charge in [-0.05, 0) is 73.5 Å². The van der Waals surface area contributed by atoms with Crippen LogP contribution in [0.25, 0.3) is 5.69 Å². The lowest BCUT2D eigenvalue weighted by Crippen LogP contribution is -2.29. The summed E-state index contributed by atoms with van der Waals surface area (Å²) in [5.41, 5.74) is 5.34. The molecule has 0 fully saturated rings. The number of rotatable bonds is 9. The fraction of sp³-hybridized carbons (Fsp3) is 0.273. The second kappa shape index (κ2) is 12.7. The Morgan fingerprint density at radius 1 is 1.02 bits per heavy atom. The molecule has 220 valence electrons. The molecule has 2 aliphatic rings. The molecule has 1 amide bonds. The number of ether oxygens (including phenoxy) is 2. The second-order valence-electron chi connectivity index (χ2n) is 10.3. The van der Waals surface area contributed by atoms with Crippen molar-refractivity contribution in [1.29, 1.82) is 0 Å². The molecule has 43 heavy (non-hydrogen) atoms. The van der Waals surface area contributed by atoms with E-state index in [1.807, 2.05) is 62.4 Å². The monoisotopic (exact) mass is 612 g/mol. The Balaban J connectivity index is 1.30. The lowest BCUT2D eigenvalue weighted by molar-refractivity contribution is -0.130. The summed E-state index contributed by atoms with van der Waals surface area (Å²) in [5.74, 6) is 2.25. The summed E-state index contributed by atoms with van der Waals surface area (Å²) < 4.78 is 12.5. The van der Waals surface area contributed by atoms with E-state index >= 15 is 0 Å². The second-order valence-corrected chi connectivity index (χ2v) is 12.3. The molecule has 10 heteroatoms. The topological polar surface area (TPSA) is 86.0 Å². The molecular weight excluding hydrogens is 581 g/mol. The molecule has 3 aromatic carbocycles. The number of amides is 1. The molecule has 1 aromatic heterocycles. The van der Waals surface area contributed by atoms with E-state index in [-0.39, 0.29) is 23.3 Å². The van der Waals surface area contributed by atoms with Crippen molar-refractivity contribution in [2.45, 2.75) is 42.8 Å². The maximum Gasteiger partial charge on any atom is 0.272 e. The van der Waals surface area contributed by atoms with E-state index in [9.17, 15) is 9.59 Å². The van der Waals surface area contributed by atoms with E-state index in [0.717, 1.165) is 51.8 Å². The number of nitrogens with zero attached hydrogens (tertiary/aromatic N) is 4. The predicted molar refractivity (Wildman–Crippen MR) is 171 cm³/mol. The number of aryl methyl sites for hydroxylation is 2. The molecule has 1 unspecified atom stereocenters. The normalized spacial score (nSPS) is 15.7. The minimum Gasteiger partial charge on any atom is -0.497 e. The fourth-order valence-electron chi connectivity index (χ4n) is 5.21. The Hall–Kier alpha value is -4.02. The van der Waals surface area contributed by atoms with Gasteiger partial charge in [0, 0.05) is 18.6 Å². The van der Waals surface area contributed by atoms with Crippen molar-refractivity contribution < 1.29 is 14.3 Å². The largest absolute Gasteiger partial charge is 0.497 e. The van der Waals surface area contributed by atoms with Crippen LogP contribution in [0.2, 0.25) is 0 Å². The maximum absolute atomic E-state index is 13.9. The Bertz CT molecular complexity index is 1720. The van der Waals surface area contributed by atoms with Gasteiger partial charge in [-0.2, -0.15) is 5.10 Å². The Morgan fingerprint density at radius 2 is 1.74 bits per heavy atom. The van der Waals surface area contributed by atoms with Gasteiger partial charge in [-0.15, -0.1) is 11.8 Å². The lowest BCUT2D eigenvalue weighted by atomic mass is 9.97. The maximum atomic E-state index is 13.9. The van der Waals surface area contributed by atoms with Gasteiger partial charge in [-0.25, -0.2) is 9.99 Å². The van der Waals surface area contributed by atoms with Crippen molar-refractivity contribution in [2.75, 3.05) is 25.2 Å². The van der Waals surface area contributed by atoms with Crippen LogP contribution in [0, 0.1) is 6.92 Å². The third-order valence-electron chi connectivity index (χ3n) is 7.45. The minimum absolute atomic E-state index is 0.0805. The zero-order valence-electron chi connectivity index (χ0n) is 24.3. The van der Waals surface area contributed by atoms with E-state index in [0.29, 0.717) is 28.8 Å². The highest BCUT2D eigenvalue weighted by atomic mass is 32.2. The molecule has 0 N–H and O–H groups in total. The first-order valence-electron chi connectivity index (χ1n) is 14.2. The number of carbonyl (C=O) groups excluding carboxylic acids is 1. The van der Waals surface area contributed by atoms with Gasteiger partial charge >= 0.3 is 0 Å². The molecule has 0 radical (unpaired) electrons. The number of benzene rings is 3. The first-order chi connectivity index (χ1) is 20.9. The molecule has 2 aliphatic heterocycles. The van der Waals surface area contributed by atoms with Gasteiger partial charge in [-0.1, -0.05) is 41.6 Å². The van der Waals surface area contributed by atoms with E-state index < -0.39 is 0 Å². The first-order valence-corrected chi connectivity index (χ1v) is 16.2. The number of carbonyl (C=O) groups is 1. The van der Waals surface area contributed by atoms with Crippen LogP contribution in [0.1, 0.15) is 41.8 Å². The quantitative estimate of drug-likeness (QED) is 0.168. The van der Waals surface area contributed by atoms with Gasteiger partial charge < -0.3 is 9.47 Å². The van der Waals surface area contributed by atoms with Crippen molar-refractivity contribution in [3.63, 3.8) is 0 Å². The number of fused-ring (bicyclic) bond motifs is 1. The van der Waals surface area contributed by atoms with E-state index in [1.165, 1.54) is 23.5 Å². The predicted octanol–water partition coefficient (Wildman–Crippen LogP) is 6.07. The Labute approximate surface area is 259 Å². The molecule has 0 spiro atoms. The highest BCUT2D eigenvalue weighted by molar-refractivity contribution is 8.00. The van der Waals surface area contributed by atoms with Gasteiger partial charge in [0.05, 0.1) is 47.5 Å². The van der Waals surface area contributed by atoms with Crippen molar-refractivity contribution in [1.82, 2.24) is 14.6 Å². The molecule has 1 atom stereocenters. The number of hydrogen-bond donors (Lipinski definition) is 0. The lowest BCUT2D eigenvalue weighted by Gasteiger charge is -2.22. The number of aromatic nitrogens is 2. The number of hydrazone groups is 1. The van der Waals surface area contributed by atoms with E-state index in [2.05, 4.69) is 24.3 Å². The SMILES string of the molecule is CCOc1ccc(-n2c(SCC(=O)N3N=C(c4ccc(OC)cc4)CC3c3ccc(C)cc3)nc3c(c2=O)SCC3)cc1.